The Bertz CT molecular complexity index is 450. The van der Waals surface area contributed by atoms with Crippen molar-refractivity contribution in [2.75, 3.05) is 27.2 Å². The van der Waals surface area contributed by atoms with Crippen molar-refractivity contribution in [2.45, 2.75) is 44.1 Å². The van der Waals surface area contributed by atoms with Crippen molar-refractivity contribution in [1.29, 1.82) is 0 Å². The molecule has 0 radical (unpaired) electrons. The highest BCUT2D eigenvalue weighted by Gasteiger charge is 2.43. The fourth-order valence-electron chi connectivity index (χ4n) is 3.32. The Morgan fingerprint density at radius 3 is 2.14 bits per heavy atom. The van der Waals surface area contributed by atoms with Gasteiger partial charge in [0.05, 0.1) is 0 Å². The van der Waals surface area contributed by atoms with E-state index in [9.17, 15) is 19.5 Å². The zero-order chi connectivity index (χ0) is 16.3. The second kappa shape index (κ2) is 6.54. The highest BCUT2D eigenvalue weighted by atomic mass is 16.4. The lowest BCUT2D eigenvalue weighted by atomic mass is 9.92. The van der Waals surface area contributed by atoms with Crippen molar-refractivity contribution in [1.82, 2.24) is 15.1 Å². The molecule has 7 nitrogen and oxygen atoms in total. The molecule has 1 heterocycles. The van der Waals surface area contributed by atoms with E-state index in [1.165, 1.54) is 4.90 Å². The quantitative estimate of drug-likeness (QED) is 0.810. The van der Waals surface area contributed by atoms with E-state index < -0.39 is 11.5 Å². The van der Waals surface area contributed by atoms with Crippen LogP contribution >= 0.6 is 0 Å². The molecule has 0 aromatic heterocycles. The van der Waals surface area contributed by atoms with Crippen LogP contribution in [0.4, 0.5) is 4.79 Å². The second-order valence-corrected chi connectivity index (χ2v) is 6.52. The third-order valence-electron chi connectivity index (χ3n) is 4.75. The number of hydrogen-bond acceptors (Lipinski definition) is 3. The van der Waals surface area contributed by atoms with E-state index in [1.807, 2.05) is 0 Å². The molecule has 0 aromatic rings. The fourth-order valence-corrected chi connectivity index (χ4v) is 3.32. The van der Waals surface area contributed by atoms with Gasteiger partial charge in [0, 0.05) is 33.1 Å². The molecule has 2 rings (SSSR count). The van der Waals surface area contributed by atoms with Gasteiger partial charge in [0.1, 0.15) is 5.54 Å². The Balaban J connectivity index is 1.90. The van der Waals surface area contributed by atoms with Crippen LogP contribution in [0.2, 0.25) is 0 Å². The molecule has 2 fully saturated rings. The predicted octanol–water partition coefficient (Wildman–Crippen LogP) is 0.894. The summed E-state index contributed by atoms with van der Waals surface area (Å²) in [6, 6.07) is -0.0448. The minimum absolute atomic E-state index is 0.0448. The first-order valence-corrected chi connectivity index (χ1v) is 7.87. The number of carboxylic acid groups (broad SMARTS) is 1. The van der Waals surface area contributed by atoms with E-state index in [-0.39, 0.29) is 17.9 Å². The number of urea groups is 1. The van der Waals surface area contributed by atoms with Gasteiger partial charge in [0.25, 0.3) is 0 Å². The first kappa shape index (κ1) is 16.6. The van der Waals surface area contributed by atoms with Crippen LogP contribution in [0.3, 0.4) is 0 Å². The predicted molar refractivity (Wildman–Crippen MR) is 80.4 cm³/mol. The maximum absolute atomic E-state index is 12.4. The van der Waals surface area contributed by atoms with Crippen LogP contribution in [-0.2, 0) is 9.59 Å². The smallest absolute Gasteiger partial charge is 0.329 e. The zero-order valence-corrected chi connectivity index (χ0v) is 13.3. The average Bonchev–Trinajstić information content (AvgIpc) is 2.96. The number of amides is 3. The fraction of sp³-hybridized carbons (Fsp3) is 0.800. The van der Waals surface area contributed by atoms with Crippen LogP contribution in [-0.4, -0.2) is 65.5 Å². The molecule has 1 aliphatic heterocycles. The molecule has 1 saturated carbocycles. The summed E-state index contributed by atoms with van der Waals surface area (Å²) in [6.45, 7) is 1.07. The zero-order valence-electron chi connectivity index (χ0n) is 13.3. The van der Waals surface area contributed by atoms with E-state index in [4.69, 9.17) is 0 Å². The van der Waals surface area contributed by atoms with Crippen LogP contribution in [0, 0.1) is 5.92 Å². The molecule has 7 heteroatoms. The van der Waals surface area contributed by atoms with E-state index in [0.717, 1.165) is 12.8 Å². The van der Waals surface area contributed by atoms with Gasteiger partial charge in [0.2, 0.25) is 5.91 Å². The third-order valence-corrected chi connectivity index (χ3v) is 4.75. The summed E-state index contributed by atoms with van der Waals surface area (Å²) in [4.78, 5) is 39.0. The van der Waals surface area contributed by atoms with Gasteiger partial charge in [-0.1, -0.05) is 12.8 Å². The molecule has 124 valence electrons. The van der Waals surface area contributed by atoms with E-state index >= 15 is 0 Å². The lowest BCUT2D eigenvalue weighted by molar-refractivity contribution is -0.148. The van der Waals surface area contributed by atoms with Gasteiger partial charge in [-0.05, 0) is 25.7 Å². The minimum Gasteiger partial charge on any atom is -0.480 e. The van der Waals surface area contributed by atoms with Crippen LogP contribution in [0.15, 0.2) is 0 Å². The van der Waals surface area contributed by atoms with Crippen LogP contribution in [0.25, 0.3) is 0 Å². The third kappa shape index (κ3) is 3.34. The first-order valence-electron chi connectivity index (χ1n) is 7.87. The van der Waals surface area contributed by atoms with Crippen molar-refractivity contribution in [3.8, 4) is 0 Å². The van der Waals surface area contributed by atoms with Crippen molar-refractivity contribution in [3.63, 3.8) is 0 Å². The molecule has 1 saturated heterocycles. The number of hydrogen-bond donors (Lipinski definition) is 2. The number of carboxylic acids is 1. The van der Waals surface area contributed by atoms with E-state index in [1.54, 1.807) is 19.0 Å². The van der Waals surface area contributed by atoms with Crippen molar-refractivity contribution >= 4 is 17.9 Å². The number of nitrogens with one attached hydrogen (secondary N) is 1. The Morgan fingerprint density at radius 2 is 1.68 bits per heavy atom. The highest BCUT2D eigenvalue weighted by molar-refractivity contribution is 5.88. The molecule has 0 aromatic carbocycles. The average molecular weight is 311 g/mol. The monoisotopic (exact) mass is 311 g/mol. The first-order chi connectivity index (χ1) is 10.4. The molecule has 1 aliphatic carbocycles. The van der Waals surface area contributed by atoms with Crippen LogP contribution in [0.1, 0.15) is 38.5 Å². The van der Waals surface area contributed by atoms with Gasteiger partial charge in [-0.15, -0.1) is 0 Å². The lowest BCUT2D eigenvalue weighted by Gasteiger charge is -2.34. The second-order valence-electron chi connectivity index (χ2n) is 6.52. The maximum Gasteiger partial charge on any atom is 0.329 e. The number of piperidine rings is 1. The van der Waals surface area contributed by atoms with E-state index in [0.29, 0.717) is 38.8 Å². The van der Waals surface area contributed by atoms with E-state index in [2.05, 4.69) is 5.32 Å². The van der Waals surface area contributed by atoms with Crippen molar-refractivity contribution < 1.29 is 19.5 Å². The molecule has 0 spiro atoms. The van der Waals surface area contributed by atoms with Crippen LogP contribution in [0.5, 0.6) is 0 Å². The number of aliphatic carboxylic acids is 1. The number of nitrogens with zero attached hydrogens (tertiary/aromatic N) is 2. The topological polar surface area (TPSA) is 90.0 Å². The van der Waals surface area contributed by atoms with Crippen molar-refractivity contribution in [3.05, 3.63) is 0 Å². The summed E-state index contributed by atoms with van der Waals surface area (Å²) in [7, 11) is 3.41. The summed E-state index contributed by atoms with van der Waals surface area (Å²) in [5, 5.41) is 12.2. The van der Waals surface area contributed by atoms with Crippen molar-refractivity contribution in [2.24, 2.45) is 5.92 Å². The van der Waals surface area contributed by atoms with Gasteiger partial charge < -0.3 is 20.2 Å². The molecule has 2 aliphatic rings. The normalized spacial score (nSPS) is 21.5. The molecule has 2 N–H and O–H groups in total. The SMILES string of the molecule is CN(C)C(=O)N1CCC(C(=O)NC2(C(=O)O)CCCC2)CC1. The molecule has 0 unspecified atom stereocenters. The molecule has 0 atom stereocenters. The number of carbonyl (C=O) groups excluding carboxylic acids is 2. The molecular formula is C15H25N3O4. The summed E-state index contributed by atoms with van der Waals surface area (Å²) in [5.74, 6) is -1.32. The molecule has 0 bridgehead atoms. The Kier molecular flexibility index (Phi) is 4.93. The summed E-state index contributed by atoms with van der Waals surface area (Å²) < 4.78 is 0. The summed E-state index contributed by atoms with van der Waals surface area (Å²) >= 11 is 0. The summed E-state index contributed by atoms with van der Waals surface area (Å²) in [5.41, 5.74) is -1.08. The Hall–Kier alpha value is -1.79. The number of likely N-dealkylation sites (tertiary alicyclic amines) is 1. The standard InChI is InChI=1S/C15H25N3O4/c1-17(2)14(22)18-9-5-11(6-10-18)12(19)16-15(13(20)21)7-3-4-8-15/h11H,3-10H2,1-2H3,(H,16,19)(H,20,21). The van der Waals surface area contributed by atoms with Gasteiger partial charge in [-0.25, -0.2) is 9.59 Å². The highest BCUT2D eigenvalue weighted by Crippen LogP contribution is 2.31. The van der Waals surface area contributed by atoms with Gasteiger partial charge in [-0.2, -0.15) is 0 Å². The van der Waals surface area contributed by atoms with Crippen LogP contribution < -0.4 is 5.32 Å². The Labute approximate surface area is 130 Å². The Morgan fingerprint density at radius 1 is 1.14 bits per heavy atom. The lowest BCUT2D eigenvalue weighted by Crippen LogP contribution is -2.55. The minimum atomic E-state index is -1.08. The molecular weight excluding hydrogens is 286 g/mol. The van der Waals surface area contributed by atoms with Gasteiger partial charge >= 0.3 is 12.0 Å². The number of rotatable bonds is 3. The summed E-state index contributed by atoms with van der Waals surface area (Å²) in [6.07, 6.45) is 3.85. The van der Waals surface area contributed by atoms with Gasteiger partial charge in [-0.3, -0.25) is 4.79 Å². The van der Waals surface area contributed by atoms with Gasteiger partial charge in [0.15, 0.2) is 0 Å². The largest absolute Gasteiger partial charge is 0.480 e. The molecule has 3 amide bonds. The number of carbonyl (C=O) groups is 3. The molecule has 22 heavy (non-hydrogen) atoms. The maximum atomic E-state index is 12.4.